The smallest absolute Gasteiger partial charge is 0.383 e. The van der Waals surface area contributed by atoms with Crippen LogP contribution in [0.2, 0.25) is 0 Å². The summed E-state index contributed by atoms with van der Waals surface area (Å²) in [5, 5.41) is 0.752. The van der Waals surface area contributed by atoms with E-state index in [2.05, 4.69) is 9.88 Å². The normalized spacial score (nSPS) is 12.7. The minimum absolute atomic E-state index is 0.142. The van der Waals surface area contributed by atoms with Crippen LogP contribution < -0.4 is 0 Å². The summed E-state index contributed by atoms with van der Waals surface area (Å²) in [6, 6.07) is 8.75. The Kier molecular flexibility index (Phi) is 8.27. The Bertz CT molecular complexity index is 1050. The molecule has 186 valence electrons. The molecule has 2 aromatic carbocycles. The molecule has 1 N–H and O–H groups in total. The van der Waals surface area contributed by atoms with E-state index >= 15 is 0 Å². The summed E-state index contributed by atoms with van der Waals surface area (Å²) in [5.74, 6) is 0. The lowest BCUT2D eigenvalue weighted by molar-refractivity contribution is -0.143. The lowest BCUT2D eigenvalue weighted by atomic mass is 9.98. The number of methoxy groups -OCH3 is 2. The highest BCUT2D eigenvalue weighted by Gasteiger charge is 2.37. The van der Waals surface area contributed by atoms with Gasteiger partial charge in [-0.25, -0.2) is 0 Å². The van der Waals surface area contributed by atoms with E-state index in [9.17, 15) is 26.3 Å². The van der Waals surface area contributed by atoms with Crippen LogP contribution in [0.1, 0.15) is 16.7 Å². The largest absolute Gasteiger partial charge is 0.416 e. The van der Waals surface area contributed by atoms with Crippen LogP contribution in [0.3, 0.4) is 0 Å². The van der Waals surface area contributed by atoms with Gasteiger partial charge in [-0.3, -0.25) is 4.90 Å². The first-order valence-electron chi connectivity index (χ1n) is 10.6. The number of rotatable bonds is 10. The first kappa shape index (κ1) is 26.1. The van der Waals surface area contributed by atoms with Crippen molar-refractivity contribution in [2.45, 2.75) is 18.8 Å². The summed E-state index contributed by atoms with van der Waals surface area (Å²) in [6.45, 7) is 2.70. The second-order valence-electron chi connectivity index (χ2n) is 7.90. The number of benzene rings is 2. The molecule has 0 aliphatic heterocycles. The number of nitrogens with one attached hydrogen (secondary N) is 1. The number of alkyl halides is 6. The topological polar surface area (TPSA) is 37.5 Å². The average molecular weight is 488 g/mol. The van der Waals surface area contributed by atoms with Crippen LogP contribution in [-0.2, 0) is 28.2 Å². The number of hydrogen-bond acceptors (Lipinski definition) is 3. The van der Waals surface area contributed by atoms with Crippen LogP contribution >= 0.6 is 0 Å². The summed E-state index contributed by atoms with van der Waals surface area (Å²) in [5.41, 5.74) is -1.31. The second kappa shape index (κ2) is 10.8. The predicted molar refractivity (Wildman–Crippen MR) is 118 cm³/mol. The Hall–Kier alpha value is -2.56. The van der Waals surface area contributed by atoms with Crippen molar-refractivity contribution in [1.82, 2.24) is 9.88 Å². The fourth-order valence-corrected chi connectivity index (χ4v) is 3.85. The van der Waals surface area contributed by atoms with E-state index < -0.39 is 23.5 Å². The molecule has 0 radical (unpaired) electrons. The molecule has 0 unspecified atom stereocenters. The van der Waals surface area contributed by atoms with Gasteiger partial charge in [-0.05, 0) is 41.8 Å². The van der Waals surface area contributed by atoms with Crippen molar-refractivity contribution in [2.75, 3.05) is 47.1 Å². The SMILES string of the molecule is COCCN(CCOC)CCc1c(-c2cc(C(F)(F)F)cc(C(F)(F)F)c2)[nH]c2ccccc12. The van der Waals surface area contributed by atoms with Gasteiger partial charge in [0.25, 0.3) is 0 Å². The van der Waals surface area contributed by atoms with Gasteiger partial charge in [0.15, 0.2) is 0 Å². The monoisotopic (exact) mass is 488 g/mol. The molecule has 0 amide bonds. The van der Waals surface area contributed by atoms with Gasteiger partial charge in [-0.1, -0.05) is 18.2 Å². The number of hydrogen-bond donors (Lipinski definition) is 1. The number of halogens is 6. The third kappa shape index (κ3) is 6.31. The highest BCUT2D eigenvalue weighted by atomic mass is 19.4. The van der Waals surface area contributed by atoms with Crippen molar-refractivity contribution in [1.29, 1.82) is 0 Å². The minimum atomic E-state index is -4.92. The number of ether oxygens (including phenoxy) is 2. The maximum absolute atomic E-state index is 13.4. The summed E-state index contributed by atoms with van der Waals surface area (Å²) < 4.78 is 90.9. The Balaban J connectivity index is 2.07. The van der Waals surface area contributed by atoms with Gasteiger partial charge in [-0.2, -0.15) is 26.3 Å². The van der Waals surface area contributed by atoms with E-state index in [4.69, 9.17) is 9.47 Å². The van der Waals surface area contributed by atoms with Crippen molar-refractivity contribution in [3.63, 3.8) is 0 Å². The van der Waals surface area contributed by atoms with E-state index in [0.29, 0.717) is 50.3 Å². The summed E-state index contributed by atoms with van der Waals surface area (Å²) in [6.07, 6.45) is -9.43. The lowest BCUT2D eigenvalue weighted by Crippen LogP contribution is -2.32. The second-order valence-corrected chi connectivity index (χ2v) is 7.90. The first-order valence-corrected chi connectivity index (χ1v) is 10.6. The van der Waals surface area contributed by atoms with Gasteiger partial charge in [-0.15, -0.1) is 0 Å². The Morgan fingerprint density at radius 1 is 0.794 bits per heavy atom. The third-order valence-corrected chi connectivity index (χ3v) is 5.59. The molecule has 0 saturated carbocycles. The molecule has 0 atom stereocenters. The molecule has 0 aliphatic rings. The number of para-hydroxylation sites is 1. The fraction of sp³-hybridized carbons (Fsp3) is 0.417. The van der Waals surface area contributed by atoms with E-state index in [0.717, 1.165) is 17.5 Å². The molecule has 0 fully saturated rings. The first-order chi connectivity index (χ1) is 16.0. The van der Waals surface area contributed by atoms with E-state index in [-0.39, 0.29) is 17.3 Å². The van der Waals surface area contributed by atoms with Crippen LogP contribution in [0.25, 0.3) is 22.2 Å². The highest BCUT2D eigenvalue weighted by Crippen LogP contribution is 2.40. The molecule has 1 heterocycles. The quantitative estimate of drug-likeness (QED) is 0.355. The summed E-state index contributed by atoms with van der Waals surface area (Å²) >= 11 is 0. The van der Waals surface area contributed by atoms with Crippen molar-refractivity contribution >= 4 is 10.9 Å². The summed E-state index contributed by atoms with van der Waals surface area (Å²) in [4.78, 5) is 5.12. The molecular formula is C24H26F6N2O2. The number of H-pyrrole nitrogens is 1. The molecule has 0 bridgehead atoms. The number of aromatic amines is 1. The molecule has 0 aliphatic carbocycles. The van der Waals surface area contributed by atoms with Crippen molar-refractivity contribution in [3.05, 3.63) is 59.2 Å². The molecule has 1 aromatic heterocycles. The fourth-order valence-electron chi connectivity index (χ4n) is 3.85. The van der Waals surface area contributed by atoms with Crippen molar-refractivity contribution < 1.29 is 35.8 Å². The average Bonchev–Trinajstić information content (AvgIpc) is 3.16. The molecular weight excluding hydrogens is 462 g/mol. The van der Waals surface area contributed by atoms with Crippen LogP contribution in [0.5, 0.6) is 0 Å². The van der Waals surface area contributed by atoms with Crippen LogP contribution in [0, 0.1) is 0 Å². The van der Waals surface area contributed by atoms with E-state index in [1.807, 2.05) is 0 Å². The molecule has 34 heavy (non-hydrogen) atoms. The van der Waals surface area contributed by atoms with Gasteiger partial charge in [0, 0.05) is 50.5 Å². The van der Waals surface area contributed by atoms with E-state index in [1.54, 1.807) is 38.5 Å². The number of aromatic nitrogens is 1. The van der Waals surface area contributed by atoms with Crippen molar-refractivity contribution in [3.8, 4) is 11.3 Å². The van der Waals surface area contributed by atoms with Crippen LogP contribution in [-0.4, -0.2) is 57.0 Å². The minimum Gasteiger partial charge on any atom is -0.383 e. The molecule has 3 aromatic rings. The summed E-state index contributed by atoms with van der Waals surface area (Å²) in [7, 11) is 3.16. The molecule has 0 saturated heterocycles. The molecule has 10 heteroatoms. The van der Waals surface area contributed by atoms with Crippen LogP contribution in [0.4, 0.5) is 26.3 Å². The zero-order valence-corrected chi connectivity index (χ0v) is 18.8. The van der Waals surface area contributed by atoms with Gasteiger partial charge >= 0.3 is 12.4 Å². The maximum atomic E-state index is 13.4. The Morgan fingerprint density at radius 2 is 1.35 bits per heavy atom. The van der Waals surface area contributed by atoms with Gasteiger partial charge in [0.2, 0.25) is 0 Å². The van der Waals surface area contributed by atoms with Crippen molar-refractivity contribution in [2.24, 2.45) is 0 Å². The zero-order chi connectivity index (χ0) is 24.9. The third-order valence-electron chi connectivity index (χ3n) is 5.59. The highest BCUT2D eigenvalue weighted by molar-refractivity contribution is 5.91. The Labute approximate surface area is 193 Å². The molecule has 4 nitrogen and oxygen atoms in total. The standard InChI is InChI=1S/C24H26F6N2O2/c1-33-11-9-32(10-12-34-2)8-7-20-19-5-3-4-6-21(19)31-22(20)16-13-17(23(25,26)27)15-18(14-16)24(28,29)30/h3-6,13-15,31H,7-12H2,1-2H3. The Morgan fingerprint density at radius 3 is 1.88 bits per heavy atom. The predicted octanol–water partition coefficient (Wildman–Crippen LogP) is 6.01. The van der Waals surface area contributed by atoms with Gasteiger partial charge < -0.3 is 14.5 Å². The van der Waals surface area contributed by atoms with Gasteiger partial charge in [0.1, 0.15) is 0 Å². The molecule has 3 rings (SSSR count). The zero-order valence-electron chi connectivity index (χ0n) is 18.8. The lowest BCUT2D eigenvalue weighted by Gasteiger charge is -2.22. The molecule has 0 spiro atoms. The number of fused-ring (bicyclic) bond motifs is 1. The van der Waals surface area contributed by atoms with Gasteiger partial charge in [0.05, 0.1) is 24.3 Å². The van der Waals surface area contributed by atoms with Crippen LogP contribution in [0.15, 0.2) is 42.5 Å². The number of nitrogens with zero attached hydrogens (tertiary/aromatic N) is 1. The van der Waals surface area contributed by atoms with E-state index in [1.165, 1.54) is 0 Å². The maximum Gasteiger partial charge on any atom is 0.416 e.